The quantitative estimate of drug-likeness (QED) is 0.261. The van der Waals surface area contributed by atoms with Crippen molar-refractivity contribution >= 4 is 12.1 Å². The van der Waals surface area contributed by atoms with E-state index in [4.69, 9.17) is 4.74 Å². The molecule has 0 aromatic carbocycles. The van der Waals surface area contributed by atoms with Crippen LogP contribution in [0.3, 0.4) is 0 Å². The molecular formula is C22H43NO4. The van der Waals surface area contributed by atoms with Crippen molar-refractivity contribution < 1.29 is 19.1 Å². The summed E-state index contributed by atoms with van der Waals surface area (Å²) in [5, 5.41) is 2.87. The van der Waals surface area contributed by atoms with E-state index < -0.39 is 5.60 Å². The summed E-state index contributed by atoms with van der Waals surface area (Å²) in [6, 6.07) is 0. The van der Waals surface area contributed by atoms with E-state index in [0.29, 0.717) is 18.9 Å². The minimum Gasteiger partial charge on any atom is -0.469 e. The molecule has 0 radical (unpaired) electrons. The van der Waals surface area contributed by atoms with Crippen molar-refractivity contribution in [3.05, 3.63) is 0 Å². The number of nitrogens with one attached hydrogen (secondary N) is 1. The molecule has 5 nitrogen and oxygen atoms in total. The molecule has 27 heavy (non-hydrogen) atoms. The molecular weight excluding hydrogens is 342 g/mol. The first-order valence-corrected chi connectivity index (χ1v) is 10.8. The second kappa shape index (κ2) is 15.8. The highest BCUT2D eigenvalue weighted by molar-refractivity contribution is 5.69. The molecule has 0 unspecified atom stereocenters. The minimum absolute atomic E-state index is 0.105. The number of carbonyl (C=O) groups is 2. The molecule has 1 N–H and O–H groups in total. The maximum atomic E-state index is 11.9. The van der Waals surface area contributed by atoms with E-state index in [1.165, 1.54) is 39.2 Å². The number of methoxy groups -OCH3 is 1. The third kappa shape index (κ3) is 17.9. The fourth-order valence-electron chi connectivity index (χ4n) is 2.90. The van der Waals surface area contributed by atoms with Crippen molar-refractivity contribution in [2.75, 3.05) is 13.7 Å². The van der Waals surface area contributed by atoms with Gasteiger partial charge in [-0.3, -0.25) is 4.79 Å². The summed E-state index contributed by atoms with van der Waals surface area (Å²) in [6.07, 6.45) is 12.5. The van der Waals surface area contributed by atoms with Gasteiger partial charge in [0.05, 0.1) is 7.11 Å². The molecule has 0 rings (SSSR count). The molecule has 1 amide bonds. The van der Waals surface area contributed by atoms with Gasteiger partial charge < -0.3 is 14.8 Å². The van der Waals surface area contributed by atoms with Gasteiger partial charge in [0, 0.05) is 13.0 Å². The van der Waals surface area contributed by atoms with Gasteiger partial charge in [0.15, 0.2) is 0 Å². The van der Waals surface area contributed by atoms with Crippen LogP contribution in [-0.4, -0.2) is 31.3 Å². The standard InChI is InChI=1S/C22H43NO4/c1-19(2)16-17-22(3,4)27-21(25)23-18-14-12-10-8-6-7-9-11-13-15-20(24)26-5/h19H,6-18H2,1-5H3,(H,23,25). The Kier molecular flexibility index (Phi) is 15.0. The molecule has 0 saturated heterocycles. The number of rotatable bonds is 16. The van der Waals surface area contributed by atoms with E-state index in [0.717, 1.165) is 38.5 Å². The van der Waals surface area contributed by atoms with Crippen molar-refractivity contribution in [1.29, 1.82) is 0 Å². The van der Waals surface area contributed by atoms with E-state index in [9.17, 15) is 9.59 Å². The van der Waals surface area contributed by atoms with Crippen LogP contribution in [0.2, 0.25) is 0 Å². The predicted octanol–water partition coefficient (Wildman–Crippen LogP) is 6.00. The third-order valence-corrected chi connectivity index (χ3v) is 4.75. The van der Waals surface area contributed by atoms with Crippen LogP contribution in [-0.2, 0) is 14.3 Å². The first-order chi connectivity index (χ1) is 12.8. The summed E-state index contributed by atoms with van der Waals surface area (Å²) in [6.45, 7) is 9.00. The van der Waals surface area contributed by atoms with E-state index in [2.05, 4.69) is 23.9 Å². The van der Waals surface area contributed by atoms with Gasteiger partial charge in [-0.2, -0.15) is 0 Å². The van der Waals surface area contributed by atoms with Crippen molar-refractivity contribution in [2.45, 2.75) is 110 Å². The average molecular weight is 386 g/mol. The molecule has 160 valence electrons. The molecule has 0 bridgehead atoms. The van der Waals surface area contributed by atoms with Gasteiger partial charge >= 0.3 is 12.1 Å². The average Bonchev–Trinajstić information content (AvgIpc) is 2.60. The molecule has 0 aliphatic heterocycles. The lowest BCUT2D eigenvalue weighted by atomic mass is 9.97. The Morgan fingerprint density at radius 1 is 0.889 bits per heavy atom. The van der Waals surface area contributed by atoms with Gasteiger partial charge in [0.1, 0.15) is 5.60 Å². The maximum Gasteiger partial charge on any atom is 0.407 e. The predicted molar refractivity (Wildman–Crippen MR) is 111 cm³/mol. The van der Waals surface area contributed by atoms with Crippen LogP contribution in [0.15, 0.2) is 0 Å². The molecule has 0 aromatic rings. The number of hydrogen-bond donors (Lipinski definition) is 1. The van der Waals surface area contributed by atoms with E-state index >= 15 is 0 Å². The maximum absolute atomic E-state index is 11.9. The van der Waals surface area contributed by atoms with Gasteiger partial charge in [-0.05, 0) is 45.4 Å². The summed E-state index contributed by atoms with van der Waals surface area (Å²) in [5.74, 6) is 0.516. The van der Waals surface area contributed by atoms with Crippen LogP contribution in [0.1, 0.15) is 105 Å². The van der Waals surface area contributed by atoms with Crippen LogP contribution < -0.4 is 5.32 Å². The van der Waals surface area contributed by atoms with Crippen molar-refractivity contribution in [1.82, 2.24) is 5.32 Å². The number of carbonyl (C=O) groups excluding carboxylic acids is 2. The Bertz CT molecular complexity index is 394. The van der Waals surface area contributed by atoms with E-state index in [1.54, 1.807) is 0 Å². The lowest BCUT2D eigenvalue weighted by Gasteiger charge is -2.26. The lowest BCUT2D eigenvalue weighted by molar-refractivity contribution is -0.140. The topological polar surface area (TPSA) is 64.6 Å². The SMILES string of the molecule is COC(=O)CCCCCCCCCCCNC(=O)OC(C)(C)CCC(C)C. The fraction of sp³-hybridized carbons (Fsp3) is 0.909. The highest BCUT2D eigenvalue weighted by atomic mass is 16.6. The fourth-order valence-corrected chi connectivity index (χ4v) is 2.90. The van der Waals surface area contributed by atoms with E-state index in [-0.39, 0.29) is 12.1 Å². The smallest absolute Gasteiger partial charge is 0.407 e. The molecule has 0 aromatic heterocycles. The molecule has 0 aliphatic carbocycles. The Hall–Kier alpha value is -1.26. The van der Waals surface area contributed by atoms with Crippen molar-refractivity contribution in [3.8, 4) is 0 Å². The van der Waals surface area contributed by atoms with Gasteiger partial charge in [-0.15, -0.1) is 0 Å². The van der Waals surface area contributed by atoms with Crippen LogP contribution in [0.4, 0.5) is 4.79 Å². The second-order valence-corrected chi connectivity index (χ2v) is 8.52. The highest BCUT2D eigenvalue weighted by Gasteiger charge is 2.22. The highest BCUT2D eigenvalue weighted by Crippen LogP contribution is 2.20. The Balaban J connectivity index is 3.43. The molecule has 5 heteroatoms. The summed E-state index contributed by atoms with van der Waals surface area (Å²) in [5.41, 5.74) is -0.398. The first-order valence-electron chi connectivity index (χ1n) is 10.8. The van der Waals surface area contributed by atoms with Crippen LogP contribution in [0, 0.1) is 5.92 Å². The summed E-state index contributed by atoms with van der Waals surface area (Å²) in [4.78, 5) is 22.8. The molecule has 0 fully saturated rings. The molecule has 0 spiro atoms. The Morgan fingerprint density at radius 3 is 1.93 bits per heavy atom. The summed E-state index contributed by atoms with van der Waals surface area (Å²) in [7, 11) is 1.44. The second-order valence-electron chi connectivity index (χ2n) is 8.52. The van der Waals surface area contributed by atoms with Crippen molar-refractivity contribution in [2.24, 2.45) is 5.92 Å². The number of unbranched alkanes of at least 4 members (excludes halogenated alkanes) is 8. The van der Waals surface area contributed by atoms with Gasteiger partial charge in [0.2, 0.25) is 0 Å². The third-order valence-electron chi connectivity index (χ3n) is 4.75. The lowest BCUT2D eigenvalue weighted by Crippen LogP contribution is -2.35. The number of amides is 1. The monoisotopic (exact) mass is 385 g/mol. The molecule has 0 aliphatic rings. The number of esters is 1. The zero-order chi connectivity index (χ0) is 20.5. The number of hydrogen-bond acceptors (Lipinski definition) is 4. The van der Waals surface area contributed by atoms with Crippen molar-refractivity contribution in [3.63, 3.8) is 0 Å². The van der Waals surface area contributed by atoms with Gasteiger partial charge in [-0.1, -0.05) is 58.8 Å². The van der Waals surface area contributed by atoms with Crippen LogP contribution in [0.25, 0.3) is 0 Å². The molecule has 0 heterocycles. The first kappa shape index (κ1) is 25.7. The van der Waals surface area contributed by atoms with Gasteiger partial charge in [0.25, 0.3) is 0 Å². The zero-order valence-electron chi connectivity index (χ0n) is 18.4. The minimum atomic E-state index is -0.398. The van der Waals surface area contributed by atoms with Crippen LogP contribution >= 0.6 is 0 Å². The molecule has 0 atom stereocenters. The largest absolute Gasteiger partial charge is 0.469 e. The summed E-state index contributed by atoms with van der Waals surface area (Å²) < 4.78 is 10.1. The van der Waals surface area contributed by atoms with Crippen LogP contribution in [0.5, 0.6) is 0 Å². The number of alkyl carbamates (subject to hydrolysis) is 1. The van der Waals surface area contributed by atoms with E-state index in [1.807, 2.05) is 13.8 Å². The normalized spacial score (nSPS) is 11.5. The van der Waals surface area contributed by atoms with Gasteiger partial charge in [-0.25, -0.2) is 4.79 Å². The summed E-state index contributed by atoms with van der Waals surface area (Å²) >= 11 is 0. The Labute approximate surface area is 167 Å². The molecule has 0 saturated carbocycles. The number of ether oxygens (including phenoxy) is 2. The zero-order valence-corrected chi connectivity index (χ0v) is 18.4. The Morgan fingerprint density at radius 2 is 1.41 bits per heavy atom.